The van der Waals surface area contributed by atoms with Crippen LogP contribution in [0.5, 0.6) is 5.75 Å². The number of phenolic OH excluding ortho intramolecular Hbond substituents is 1. The molecule has 0 aliphatic rings. The van der Waals surface area contributed by atoms with Gasteiger partial charge in [0.1, 0.15) is 5.75 Å². The second-order valence-corrected chi connectivity index (χ2v) is 10.3. The van der Waals surface area contributed by atoms with Crippen molar-refractivity contribution in [2.24, 2.45) is 0 Å². The maximum atomic E-state index is 9.09. The van der Waals surface area contributed by atoms with Gasteiger partial charge in [-0.05, 0) is 24.1 Å². The molecule has 1 N–H and O–H groups in total. The summed E-state index contributed by atoms with van der Waals surface area (Å²) in [4.78, 5) is 0. The maximum absolute atomic E-state index is 9.09. The molecule has 0 saturated carbocycles. The van der Waals surface area contributed by atoms with Crippen molar-refractivity contribution in [1.29, 1.82) is 0 Å². The Balaban J connectivity index is 2.51. The lowest BCUT2D eigenvalue weighted by Crippen LogP contribution is -2.19. The van der Waals surface area contributed by atoms with E-state index in [2.05, 4.69) is 19.6 Å². The predicted octanol–water partition coefficient (Wildman–Crippen LogP) is 3.27. The average molecular weight is 194 g/mol. The Bertz CT molecular complexity index is 258. The molecule has 13 heavy (non-hydrogen) atoms. The minimum absolute atomic E-state index is 0.358. The van der Waals surface area contributed by atoms with Crippen LogP contribution in [0.15, 0.2) is 24.3 Å². The van der Waals surface area contributed by atoms with E-state index < -0.39 is 8.07 Å². The van der Waals surface area contributed by atoms with Gasteiger partial charge in [0.05, 0.1) is 0 Å². The summed E-state index contributed by atoms with van der Waals surface area (Å²) in [6, 6.07) is 8.86. The van der Waals surface area contributed by atoms with E-state index in [1.165, 1.54) is 11.6 Å². The van der Waals surface area contributed by atoms with Crippen molar-refractivity contribution in [3.05, 3.63) is 29.8 Å². The van der Waals surface area contributed by atoms with Crippen LogP contribution >= 0.6 is 0 Å². The molecule has 0 unspecified atom stereocenters. The van der Waals surface area contributed by atoms with E-state index in [0.29, 0.717) is 5.75 Å². The van der Waals surface area contributed by atoms with Crippen molar-refractivity contribution in [2.45, 2.75) is 32.1 Å². The topological polar surface area (TPSA) is 20.2 Å². The van der Waals surface area contributed by atoms with Gasteiger partial charge in [-0.3, -0.25) is 0 Å². The summed E-state index contributed by atoms with van der Waals surface area (Å²) in [6.07, 6.45) is 1.15. The minimum Gasteiger partial charge on any atom is -0.508 e. The molecule has 0 amide bonds. The van der Waals surface area contributed by atoms with Crippen molar-refractivity contribution < 1.29 is 5.11 Å². The first-order valence-electron chi connectivity index (χ1n) is 4.75. The summed E-state index contributed by atoms with van der Waals surface area (Å²) in [5, 5.41) is 9.09. The Morgan fingerprint density at radius 1 is 1.08 bits per heavy atom. The third kappa shape index (κ3) is 4.13. The smallest absolute Gasteiger partial charge is 0.115 e. The largest absolute Gasteiger partial charge is 0.508 e. The molecule has 0 heterocycles. The van der Waals surface area contributed by atoms with E-state index in [-0.39, 0.29) is 0 Å². The fourth-order valence-electron chi connectivity index (χ4n) is 1.18. The third-order valence-electron chi connectivity index (χ3n) is 2.10. The van der Waals surface area contributed by atoms with E-state index in [1.54, 1.807) is 12.1 Å². The Morgan fingerprint density at radius 3 is 2.08 bits per heavy atom. The molecule has 0 aromatic heterocycles. The number of aryl methyl sites for hydroxylation is 1. The van der Waals surface area contributed by atoms with E-state index in [0.717, 1.165) is 6.42 Å². The third-order valence-corrected chi connectivity index (χ3v) is 3.85. The molecular formula is C11H18OSi. The molecule has 1 rings (SSSR count). The second-order valence-electron chi connectivity index (χ2n) is 4.73. The standard InChI is InChI=1S/C11H18OSi/c1-13(2,3)9-8-10-4-6-11(12)7-5-10/h4-7,12H,8-9H2,1-3H3. The number of rotatable bonds is 3. The van der Waals surface area contributed by atoms with Gasteiger partial charge >= 0.3 is 0 Å². The van der Waals surface area contributed by atoms with Gasteiger partial charge < -0.3 is 5.11 Å². The van der Waals surface area contributed by atoms with E-state index >= 15 is 0 Å². The van der Waals surface area contributed by atoms with Gasteiger partial charge in [-0.2, -0.15) is 0 Å². The zero-order chi connectivity index (χ0) is 9.90. The highest BCUT2D eigenvalue weighted by Gasteiger charge is 2.12. The summed E-state index contributed by atoms with van der Waals surface area (Å²) in [5.41, 5.74) is 1.33. The molecule has 0 atom stereocenters. The molecule has 0 spiro atoms. The fourth-order valence-corrected chi connectivity index (χ4v) is 2.22. The molecule has 0 saturated heterocycles. The van der Waals surface area contributed by atoms with Gasteiger partial charge in [-0.1, -0.05) is 37.8 Å². The number of hydrogen-bond acceptors (Lipinski definition) is 1. The average Bonchev–Trinajstić information content (AvgIpc) is 2.02. The van der Waals surface area contributed by atoms with E-state index in [4.69, 9.17) is 5.11 Å². The van der Waals surface area contributed by atoms with Gasteiger partial charge in [0, 0.05) is 8.07 Å². The number of phenols is 1. The van der Waals surface area contributed by atoms with Crippen LogP contribution in [-0.2, 0) is 6.42 Å². The first-order valence-corrected chi connectivity index (χ1v) is 8.46. The van der Waals surface area contributed by atoms with E-state index in [1.807, 2.05) is 12.1 Å². The zero-order valence-corrected chi connectivity index (χ0v) is 9.67. The molecule has 0 fully saturated rings. The molecule has 2 heteroatoms. The lowest BCUT2D eigenvalue weighted by molar-refractivity contribution is 0.475. The van der Waals surface area contributed by atoms with Crippen LogP contribution in [0.1, 0.15) is 5.56 Å². The second kappa shape index (κ2) is 3.96. The summed E-state index contributed by atoms with van der Waals surface area (Å²) < 4.78 is 0. The molecule has 0 radical (unpaired) electrons. The van der Waals surface area contributed by atoms with E-state index in [9.17, 15) is 0 Å². The van der Waals surface area contributed by atoms with Crippen LogP contribution in [-0.4, -0.2) is 13.2 Å². The Labute approximate surface area is 81.4 Å². The molecule has 0 aliphatic heterocycles. The number of aromatic hydroxyl groups is 1. The summed E-state index contributed by atoms with van der Waals surface area (Å²) in [5.74, 6) is 0.358. The van der Waals surface area contributed by atoms with Crippen LogP contribution in [0, 0.1) is 0 Å². The van der Waals surface area contributed by atoms with Crippen LogP contribution in [0.3, 0.4) is 0 Å². The number of benzene rings is 1. The first-order chi connectivity index (χ1) is 5.97. The van der Waals surface area contributed by atoms with Gasteiger partial charge in [-0.15, -0.1) is 0 Å². The van der Waals surface area contributed by atoms with Crippen molar-refractivity contribution in [3.8, 4) is 5.75 Å². The van der Waals surface area contributed by atoms with Gasteiger partial charge in [0.25, 0.3) is 0 Å². The lowest BCUT2D eigenvalue weighted by Gasteiger charge is -2.15. The molecule has 1 aromatic rings. The summed E-state index contributed by atoms with van der Waals surface area (Å²) >= 11 is 0. The van der Waals surface area contributed by atoms with Gasteiger partial charge in [0.15, 0.2) is 0 Å². The van der Waals surface area contributed by atoms with Crippen molar-refractivity contribution in [2.75, 3.05) is 0 Å². The lowest BCUT2D eigenvalue weighted by atomic mass is 10.2. The Morgan fingerprint density at radius 2 is 1.62 bits per heavy atom. The monoisotopic (exact) mass is 194 g/mol. The molecule has 0 aliphatic carbocycles. The molecule has 1 nitrogen and oxygen atoms in total. The predicted molar refractivity (Wildman–Crippen MR) is 60.0 cm³/mol. The molecule has 72 valence electrons. The highest BCUT2D eigenvalue weighted by molar-refractivity contribution is 6.76. The van der Waals surface area contributed by atoms with Crippen molar-refractivity contribution >= 4 is 8.07 Å². The first kappa shape index (κ1) is 10.3. The fraction of sp³-hybridized carbons (Fsp3) is 0.455. The normalized spacial score (nSPS) is 11.6. The molecule has 0 bridgehead atoms. The summed E-state index contributed by atoms with van der Waals surface area (Å²) in [6.45, 7) is 7.15. The Hall–Kier alpha value is -0.763. The van der Waals surface area contributed by atoms with Crippen LogP contribution in [0.2, 0.25) is 25.7 Å². The van der Waals surface area contributed by atoms with Gasteiger partial charge in [0.2, 0.25) is 0 Å². The van der Waals surface area contributed by atoms with Crippen LogP contribution in [0.25, 0.3) is 0 Å². The van der Waals surface area contributed by atoms with Gasteiger partial charge in [-0.25, -0.2) is 0 Å². The molecule has 1 aromatic carbocycles. The SMILES string of the molecule is C[Si](C)(C)CCc1ccc(O)cc1. The summed E-state index contributed by atoms with van der Waals surface area (Å²) in [7, 11) is -0.916. The highest BCUT2D eigenvalue weighted by atomic mass is 28.3. The van der Waals surface area contributed by atoms with Crippen molar-refractivity contribution in [1.82, 2.24) is 0 Å². The van der Waals surface area contributed by atoms with Crippen LogP contribution in [0.4, 0.5) is 0 Å². The van der Waals surface area contributed by atoms with Crippen LogP contribution < -0.4 is 0 Å². The Kier molecular flexibility index (Phi) is 3.15. The quantitative estimate of drug-likeness (QED) is 0.732. The maximum Gasteiger partial charge on any atom is 0.115 e. The molecular weight excluding hydrogens is 176 g/mol. The minimum atomic E-state index is -0.916. The number of hydrogen-bond donors (Lipinski definition) is 1. The highest BCUT2D eigenvalue weighted by Crippen LogP contribution is 2.15. The zero-order valence-electron chi connectivity index (χ0n) is 8.67. The van der Waals surface area contributed by atoms with Crippen molar-refractivity contribution in [3.63, 3.8) is 0 Å².